The fourth-order valence-corrected chi connectivity index (χ4v) is 8.25. The lowest BCUT2D eigenvalue weighted by Gasteiger charge is -2.11. The predicted molar refractivity (Wildman–Crippen MR) is 238 cm³/mol. The number of benzene rings is 4. The van der Waals surface area contributed by atoms with Gasteiger partial charge in [-0.3, -0.25) is 0 Å². The molecule has 8 heteroatoms. The first kappa shape index (κ1) is 38.2. The maximum absolute atomic E-state index is 10.3. The Kier molecular flexibility index (Phi) is 10.7. The minimum absolute atomic E-state index is 0.187. The van der Waals surface area contributed by atoms with E-state index in [-0.39, 0.29) is 17.2 Å². The highest BCUT2D eigenvalue weighted by Gasteiger charge is 2.19. The number of nitrogens with one attached hydrogen (secondary N) is 4. The Morgan fingerprint density at radius 1 is 0.350 bits per heavy atom. The molecule has 0 atom stereocenters. The van der Waals surface area contributed by atoms with Crippen molar-refractivity contribution in [1.29, 1.82) is 0 Å². The Labute approximate surface area is 348 Å². The molecule has 60 heavy (non-hydrogen) atoms. The van der Waals surface area contributed by atoms with Gasteiger partial charge in [-0.25, -0.2) is 0 Å². The zero-order valence-corrected chi connectivity index (χ0v) is 33.6. The number of aromatic amines is 4. The molecule has 8 bridgehead atoms. The van der Waals surface area contributed by atoms with Crippen molar-refractivity contribution in [3.63, 3.8) is 0 Å². The van der Waals surface area contributed by atoms with E-state index in [4.69, 9.17) is 4.74 Å². The second kappa shape index (κ2) is 16.9. The van der Waals surface area contributed by atoms with Crippen LogP contribution in [0.5, 0.6) is 23.0 Å². The van der Waals surface area contributed by atoms with E-state index in [9.17, 15) is 15.3 Å². The lowest BCUT2D eigenvalue weighted by molar-refractivity contribution is 0.304. The quantitative estimate of drug-likeness (QED) is 0.0630. The normalized spacial score (nSPS) is 12.6. The smallest absolute Gasteiger partial charge is 0.119 e. The molecule has 0 saturated heterocycles. The summed E-state index contributed by atoms with van der Waals surface area (Å²) < 4.78 is 6.20. The first-order chi connectivity index (χ1) is 29.4. The molecule has 0 fully saturated rings. The van der Waals surface area contributed by atoms with E-state index in [1.807, 2.05) is 36.4 Å². The SMILES string of the molecule is CCCCCCCCOc1ccc(C2=c3ccc([nH]3)=C(c3ccc(O)cc3)c3ccc([nH]3)C(c3ccc(O)cc3)=c3ccc([nH]3)=C(c3ccc(O)cc3)c3ccc2[nH]3)cc1. The van der Waals surface area contributed by atoms with Gasteiger partial charge in [0, 0.05) is 66.5 Å². The third kappa shape index (κ3) is 7.92. The number of rotatable bonds is 12. The van der Waals surface area contributed by atoms with Crippen molar-refractivity contribution in [2.24, 2.45) is 0 Å². The second-order valence-electron chi connectivity index (χ2n) is 15.4. The number of hydrogen-bond acceptors (Lipinski definition) is 4. The van der Waals surface area contributed by atoms with Crippen LogP contribution in [0.3, 0.4) is 0 Å². The first-order valence-electron chi connectivity index (χ1n) is 20.8. The van der Waals surface area contributed by atoms with Crippen LogP contribution in [0.4, 0.5) is 0 Å². The molecule has 7 N–H and O–H groups in total. The summed E-state index contributed by atoms with van der Waals surface area (Å²) in [5.41, 5.74) is 11.1. The Bertz CT molecular complexity index is 3000. The van der Waals surface area contributed by atoms with Crippen molar-refractivity contribution in [2.75, 3.05) is 6.61 Å². The zero-order chi connectivity index (χ0) is 41.0. The van der Waals surface area contributed by atoms with Gasteiger partial charge in [0.25, 0.3) is 0 Å². The zero-order valence-electron chi connectivity index (χ0n) is 33.6. The van der Waals surface area contributed by atoms with Gasteiger partial charge in [0.1, 0.15) is 23.0 Å². The van der Waals surface area contributed by atoms with E-state index >= 15 is 0 Å². The van der Waals surface area contributed by atoms with Gasteiger partial charge in [-0.05, 0) is 126 Å². The fraction of sp³-hybridized carbons (Fsp3) is 0.154. The number of phenolic OH excluding ortho intramolecular Hbond substituents is 3. The molecule has 4 aromatic carbocycles. The number of unbranched alkanes of at least 4 members (excludes halogenated alkanes) is 5. The van der Waals surface area contributed by atoms with Crippen LogP contribution in [0.15, 0.2) is 146 Å². The van der Waals surface area contributed by atoms with Crippen molar-refractivity contribution >= 4 is 22.3 Å². The van der Waals surface area contributed by atoms with Gasteiger partial charge in [-0.1, -0.05) is 87.6 Å². The minimum atomic E-state index is 0.187. The van der Waals surface area contributed by atoms with Crippen LogP contribution >= 0.6 is 0 Å². The summed E-state index contributed by atoms with van der Waals surface area (Å²) in [5.74, 6) is 1.42. The van der Waals surface area contributed by atoms with Crippen molar-refractivity contribution in [1.82, 2.24) is 19.9 Å². The molecule has 0 spiro atoms. The van der Waals surface area contributed by atoms with Crippen LogP contribution < -0.4 is 26.1 Å². The maximum Gasteiger partial charge on any atom is 0.119 e. The standard InChI is InChI=1S/C52H48N4O4/c1-2-3-4-5-6-7-32-60-40-22-14-36(15-23-40)52-47-30-28-45(55-47)50(34-10-18-38(58)19-11-34)43-26-24-41(53-43)49(33-8-16-37(57)17-9-33)42-25-27-44(54-42)51(46-29-31-48(52)56-46)35-12-20-39(59)21-13-35/h8-31,53-59H,2-7,32H2,1H3. The number of aromatic nitrogens is 4. The maximum atomic E-state index is 10.3. The first-order valence-corrected chi connectivity index (χ1v) is 20.8. The molecule has 1 aliphatic rings. The van der Waals surface area contributed by atoms with E-state index in [2.05, 4.69) is 99.7 Å². The van der Waals surface area contributed by atoms with Crippen LogP contribution in [-0.4, -0.2) is 41.9 Å². The largest absolute Gasteiger partial charge is 0.508 e. The lowest BCUT2D eigenvalue weighted by atomic mass is 10.0. The van der Waals surface area contributed by atoms with Gasteiger partial charge in [0.15, 0.2) is 0 Å². The van der Waals surface area contributed by atoms with Gasteiger partial charge >= 0.3 is 0 Å². The van der Waals surface area contributed by atoms with Crippen LogP contribution in [0.1, 0.15) is 90.5 Å². The number of aromatic hydroxyl groups is 3. The Morgan fingerprint density at radius 2 is 0.667 bits per heavy atom. The van der Waals surface area contributed by atoms with Gasteiger partial charge in [-0.2, -0.15) is 0 Å². The molecule has 0 aliphatic carbocycles. The molecular weight excluding hydrogens is 745 g/mol. The van der Waals surface area contributed by atoms with Gasteiger partial charge in [0.05, 0.1) is 6.61 Å². The molecule has 0 radical (unpaired) electrons. The summed E-state index contributed by atoms with van der Waals surface area (Å²) in [5, 5.41) is 34.4. The van der Waals surface area contributed by atoms with Crippen LogP contribution in [-0.2, 0) is 0 Å². The Hall–Kier alpha value is -7.32. The van der Waals surface area contributed by atoms with Crippen molar-refractivity contribution < 1.29 is 20.1 Å². The topological polar surface area (TPSA) is 133 Å². The molecule has 8 nitrogen and oxygen atoms in total. The average molecular weight is 793 g/mol. The molecule has 1 aliphatic heterocycles. The fourth-order valence-electron chi connectivity index (χ4n) is 8.25. The summed E-state index contributed by atoms with van der Waals surface area (Å²) in [7, 11) is 0. The summed E-state index contributed by atoms with van der Waals surface area (Å²) in [6, 6.07) is 46.9. The van der Waals surface area contributed by atoms with E-state index in [0.29, 0.717) is 6.61 Å². The van der Waals surface area contributed by atoms with Gasteiger partial charge < -0.3 is 40.0 Å². The average Bonchev–Trinajstić information content (AvgIpc) is 4.11. The van der Waals surface area contributed by atoms with E-state index in [1.54, 1.807) is 36.4 Å². The van der Waals surface area contributed by atoms with Gasteiger partial charge in [-0.15, -0.1) is 0 Å². The van der Waals surface area contributed by atoms with E-state index in [1.165, 1.54) is 32.1 Å². The monoisotopic (exact) mass is 792 g/mol. The van der Waals surface area contributed by atoms with Crippen molar-refractivity contribution in [3.05, 3.63) is 212 Å². The molecule has 5 heterocycles. The third-order valence-corrected chi connectivity index (χ3v) is 11.3. The minimum Gasteiger partial charge on any atom is -0.508 e. The van der Waals surface area contributed by atoms with Crippen molar-refractivity contribution in [3.8, 4) is 23.0 Å². The van der Waals surface area contributed by atoms with E-state index < -0.39 is 0 Å². The van der Waals surface area contributed by atoms with Crippen LogP contribution in [0.25, 0.3) is 22.3 Å². The Balaban J connectivity index is 1.27. The molecule has 9 rings (SSSR count). The molecule has 0 amide bonds. The molecule has 0 unspecified atom stereocenters. The summed E-state index contributed by atoms with van der Waals surface area (Å²) >= 11 is 0. The molecule has 300 valence electrons. The van der Waals surface area contributed by atoms with Crippen LogP contribution in [0.2, 0.25) is 0 Å². The highest BCUT2D eigenvalue weighted by atomic mass is 16.5. The highest BCUT2D eigenvalue weighted by molar-refractivity contribution is 5.85. The predicted octanol–water partition coefficient (Wildman–Crippen LogP) is 8.16. The summed E-state index contributed by atoms with van der Waals surface area (Å²) in [4.78, 5) is 15.1. The Morgan fingerprint density at radius 3 is 1.02 bits per heavy atom. The number of H-pyrrole nitrogens is 4. The molecule has 8 aromatic rings. The molecule has 4 aromatic heterocycles. The number of phenols is 3. The highest BCUT2D eigenvalue weighted by Crippen LogP contribution is 2.30. The van der Waals surface area contributed by atoms with Crippen molar-refractivity contribution in [2.45, 2.75) is 45.4 Å². The molecular formula is C52H48N4O4. The number of hydrogen-bond donors (Lipinski definition) is 7. The number of fused-ring (bicyclic) bond motifs is 8. The summed E-state index contributed by atoms with van der Waals surface area (Å²) in [6.07, 6.45) is 7.29. The number of ether oxygens (including phenoxy) is 1. The van der Waals surface area contributed by atoms with Gasteiger partial charge in [0.2, 0.25) is 0 Å². The second-order valence-corrected chi connectivity index (χ2v) is 15.4. The lowest BCUT2D eigenvalue weighted by Crippen LogP contribution is -2.19. The molecule has 0 saturated carbocycles. The summed E-state index contributed by atoms with van der Waals surface area (Å²) in [6.45, 7) is 2.94. The third-order valence-electron chi connectivity index (χ3n) is 11.3. The van der Waals surface area contributed by atoms with E-state index in [0.717, 1.165) is 101 Å². The van der Waals surface area contributed by atoms with Crippen LogP contribution in [0, 0.1) is 0 Å².